The summed E-state index contributed by atoms with van der Waals surface area (Å²) in [5.41, 5.74) is 4.16. The molecule has 0 spiro atoms. The fourth-order valence-electron chi connectivity index (χ4n) is 3.15. The van der Waals surface area contributed by atoms with Gasteiger partial charge in [-0.1, -0.05) is 24.3 Å². The summed E-state index contributed by atoms with van der Waals surface area (Å²) in [6.07, 6.45) is 0. The van der Waals surface area contributed by atoms with E-state index < -0.39 is 16.1 Å². The van der Waals surface area contributed by atoms with Gasteiger partial charge in [-0.05, 0) is 79.4 Å². The number of hydrogen-bond donors (Lipinski definition) is 1. The molecule has 3 rings (SSSR count). The number of tetrazole rings is 1. The molecule has 0 aliphatic rings. The Balaban J connectivity index is 1.99. The van der Waals surface area contributed by atoms with Gasteiger partial charge in [0.05, 0.1) is 16.6 Å². The third kappa shape index (κ3) is 3.63. The van der Waals surface area contributed by atoms with Crippen molar-refractivity contribution in [2.45, 2.75) is 45.6 Å². The molecule has 1 aromatic heterocycles. The van der Waals surface area contributed by atoms with Crippen molar-refractivity contribution in [2.24, 2.45) is 0 Å². The fourth-order valence-corrected chi connectivity index (χ4v) is 4.96. The number of aryl methyl sites for hydroxylation is 2. The predicted molar refractivity (Wildman–Crippen MR) is 103 cm³/mol. The number of para-hydroxylation sites is 1. The van der Waals surface area contributed by atoms with Crippen LogP contribution in [-0.4, -0.2) is 28.6 Å². The van der Waals surface area contributed by atoms with Crippen molar-refractivity contribution in [3.8, 4) is 5.69 Å². The zero-order valence-corrected chi connectivity index (χ0v) is 16.9. The predicted octanol–water partition coefficient (Wildman–Crippen LogP) is 2.94. The Morgan fingerprint density at radius 2 is 1.59 bits per heavy atom. The van der Waals surface area contributed by atoms with E-state index in [1.54, 1.807) is 6.92 Å². The molecule has 1 unspecified atom stereocenters. The highest BCUT2D eigenvalue weighted by atomic mass is 32.2. The van der Waals surface area contributed by atoms with Crippen LogP contribution in [0.5, 0.6) is 0 Å². The molecule has 0 amide bonds. The summed E-state index contributed by atoms with van der Waals surface area (Å²) in [7, 11) is -3.75. The molecule has 27 heavy (non-hydrogen) atoms. The highest BCUT2D eigenvalue weighted by molar-refractivity contribution is 7.89. The maximum Gasteiger partial charge on any atom is 0.241 e. The van der Waals surface area contributed by atoms with Crippen molar-refractivity contribution in [3.63, 3.8) is 0 Å². The van der Waals surface area contributed by atoms with Crippen LogP contribution in [0.15, 0.2) is 41.3 Å². The second-order valence-corrected chi connectivity index (χ2v) is 8.37. The Kier molecular flexibility index (Phi) is 5.12. The summed E-state index contributed by atoms with van der Waals surface area (Å²) in [6, 6.07) is 10.8. The Morgan fingerprint density at radius 1 is 1.00 bits per heavy atom. The quantitative estimate of drug-likeness (QED) is 0.729. The lowest BCUT2D eigenvalue weighted by Crippen LogP contribution is -2.30. The standard InChI is InChI=1S/C19H23N5O2S/c1-12-11-13(2)15(4)18(14(12)3)27(25,26)21-16(5)19-20-22-23-24(19)17-9-7-6-8-10-17/h6-11,16,21H,1-5H3. The smallest absolute Gasteiger partial charge is 0.207 e. The van der Waals surface area contributed by atoms with Crippen LogP contribution >= 0.6 is 0 Å². The van der Waals surface area contributed by atoms with Crippen molar-refractivity contribution < 1.29 is 8.42 Å². The Bertz CT molecular complexity index is 1050. The normalized spacial score (nSPS) is 12.9. The van der Waals surface area contributed by atoms with Gasteiger partial charge in [-0.25, -0.2) is 13.1 Å². The number of rotatable bonds is 5. The van der Waals surface area contributed by atoms with Gasteiger partial charge in [-0.15, -0.1) is 5.10 Å². The van der Waals surface area contributed by atoms with E-state index in [2.05, 4.69) is 20.2 Å². The van der Waals surface area contributed by atoms with Crippen molar-refractivity contribution in [1.82, 2.24) is 24.9 Å². The molecule has 0 saturated heterocycles. The molecule has 7 nitrogen and oxygen atoms in total. The second kappa shape index (κ2) is 7.21. The molecule has 0 radical (unpaired) electrons. The first-order chi connectivity index (χ1) is 12.7. The van der Waals surface area contributed by atoms with Crippen molar-refractivity contribution in [3.05, 3.63) is 64.5 Å². The molecule has 0 aliphatic heterocycles. The number of nitrogens with one attached hydrogen (secondary N) is 1. The lowest BCUT2D eigenvalue weighted by atomic mass is 10.0. The van der Waals surface area contributed by atoms with Crippen molar-refractivity contribution in [1.29, 1.82) is 0 Å². The largest absolute Gasteiger partial charge is 0.241 e. The van der Waals surface area contributed by atoms with Gasteiger partial charge in [-0.2, -0.15) is 4.68 Å². The summed E-state index contributed by atoms with van der Waals surface area (Å²) in [4.78, 5) is 0.325. The average molecular weight is 385 g/mol. The van der Waals surface area contributed by atoms with Gasteiger partial charge >= 0.3 is 0 Å². The lowest BCUT2D eigenvalue weighted by Gasteiger charge is -2.19. The summed E-state index contributed by atoms with van der Waals surface area (Å²) in [6.45, 7) is 9.22. The summed E-state index contributed by atoms with van der Waals surface area (Å²) in [5.74, 6) is 0.421. The van der Waals surface area contributed by atoms with Crippen LogP contribution in [0.1, 0.15) is 41.0 Å². The number of sulfonamides is 1. The van der Waals surface area contributed by atoms with E-state index in [9.17, 15) is 8.42 Å². The lowest BCUT2D eigenvalue weighted by molar-refractivity contribution is 0.553. The topological polar surface area (TPSA) is 89.8 Å². The highest BCUT2D eigenvalue weighted by Gasteiger charge is 2.26. The molecule has 0 fully saturated rings. The van der Waals surface area contributed by atoms with Gasteiger partial charge in [0.1, 0.15) is 0 Å². The van der Waals surface area contributed by atoms with E-state index in [1.807, 2.05) is 64.1 Å². The first-order valence-corrected chi connectivity index (χ1v) is 10.1. The highest BCUT2D eigenvalue weighted by Crippen LogP contribution is 2.27. The van der Waals surface area contributed by atoms with E-state index in [0.717, 1.165) is 27.9 Å². The van der Waals surface area contributed by atoms with Gasteiger partial charge in [0.2, 0.25) is 10.0 Å². The van der Waals surface area contributed by atoms with Crippen LogP contribution in [0.3, 0.4) is 0 Å². The summed E-state index contributed by atoms with van der Waals surface area (Å²) >= 11 is 0. The van der Waals surface area contributed by atoms with E-state index in [-0.39, 0.29) is 0 Å². The molecule has 1 atom stereocenters. The third-order valence-electron chi connectivity index (χ3n) is 4.78. The van der Waals surface area contributed by atoms with E-state index in [4.69, 9.17) is 0 Å². The number of hydrogen-bond acceptors (Lipinski definition) is 5. The molecule has 142 valence electrons. The van der Waals surface area contributed by atoms with Crippen molar-refractivity contribution >= 4 is 10.0 Å². The molecule has 3 aromatic rings. The van der Waals surface area contributed by atoms with E-state index in [0.29, 0.717) is 10.7 Å². The van der Waals surface area contributed by atoms with Gasteiger partial charge in [0, 0.05) is 0 Å². The number of aromatic nitrogens is 4. The first kappa shape index (κ1) is 19.2. The van der Waals surface area contributed by atoms with E-state index in [1.165, 1.54) is 4.68 Å². The second-order valence-electron chi connectivity index (χ2n) is 6.72. The van der Waals surface area contributed by atoms with Crippen LogP contribution in [-0.2, 0) is 10.0 Å². The van der Waals surface area contributed by atoms with Crippen LogP contribution in [0.2, 0.25) is 0 Å². The van der Waals surface area contributed by atoms with Crippen LogP contribution < -0.4 is 4.72 Å². The Hall–Kier alpha value is -2.58. The van der Waals surface area contributed by atoms with Crippen LogP contribution in [0.25, 0.3) is 5.69 Å². The molecule has 8 heteroatoms. The minimum atomic E-state index is -3.75. The zero-order chi connectivity index (χ0) is 19.8. The number of benzene rings is 2. The molecule has 2 aromatic carbocycles. The van der Waals surface area contributed by atoms with Gasteiger partial charge in [0.15, 0.2) is 5.82 Å². The first-order valence-electron chi connectivity index (χ1n) is 8.66. The summed E-state index contributed by atoms with van der Waals surface area (Å²) in [5, 5.41) is 11.7. The minimum absolute atomic E-state index is 0.325. The SMILES string of the molecule is Cc1cc(C)c(C)c(S(=O)(=O)NC(C)c2nnnn2-c2ccccc2)c1C. The molecule has 0 bridgehead atoms. The monoisotopic (exact) mass is 385 g/mol. The van der Waals surface area contributed by atoms with Gasteiger partial charge < -0.3 is 0 Å². The Labute approximate surface area is 159 Å². The third-order valence-corrected chi connectivity index (χ3v) is 6.59. The van der Waals surface area contributed by atoms with Crippen LogP contribution in [0, 0.1) is 27.7 Å². The van der Waals surface area contributed by atoms with E-state index >= 15 is 0 Å². The molecular weight excluding hydrogens is 362 g/mol. The fraction of sp³-hybridized carbons (Fsp3) is 0.316. The maximum absolute atomic E-state index is 13.1. The van der Waals surface area contributed by atoms with Gasteiger partial charge in [-0.3, -0.25) is 0 Å². The molecule has 1 heterocycles. The zero-order valence-electron chi connectivity index (χ0n) is 16.1. The molecule has 0 saturated carbocycles. The number of nitrogens with zero attached hydrogens (tertiary/aromatic N) is 4. The molecular formula is C19H23N5O2S. The Morgan fingerprint density at radius 3 is 2.19 bits per heavy atom. The molecule has 1 N–H and O–H groups in total. The minimum Gasteiger partial charge on any atom is -0.207 e. The van der Waals surface area contributed by atoms with Crippen molar-refractivity contribution in [2.75, 3.05) is 0 Å². The maximum atomic E-state index is 13.1. The summed E-state index contributed by atoms with van der Waals surface area (Å²) < 4.78 is 30.6. The van der Waals surface area contributed by atoms with Crippen LogP contribution in [0.4, 0.5) is 0 Å². The average Bonchev–Trinajstić information content (AvgIpc) is 3.10. The molecule has 0 aliphatic carbocycles. The van der Waals surface area contributed by atoms with Gasteiger partial charge in [0.25, 0.3) is 0 Å².